The van der Waals surface area contributed by atoms with Crippen LogP contribution in [0, 0.1) is 0 Å². The molecule has 0 amide bonds. The van der Waals surface area contributed by atoms with Gasteiger partial charge in [0.15, 0.2) is 16.3 Å². The van der Waals surface area contributed by atoms with Crippen molar-refractivity contribution in [1.82, 2.24) is 18.7 Å². The van der Waals surface area contributed by atoms with E-state index in [1.165, 1.54) is 23.4 Å². The second-order valence-corrected chi connectivity index (χ2v) is 6.18. The highest BCUT2D eigenvalue weighted by molar-refractivity contribution is 7.99. The quantitative estimate of drug-likeness (QED) is 0.621. The number of hydrogen-bond donors (Lipinski definition) is 0. The number of aryl methyl sites for hydroxylation is 1. The third-order valence-corrected chi connectivity index (χ3v) is 4.21. The number of hydrogen-bond acceptors (Lipinski definition) is 4. The summed E-state index contributed by atoms with van der Waals surface area (Å²) in [5, 5.41) is 0.717. The summed E-state index contributed by atoms with van der Waals surface area (Å²) in [6, 6.07) is 0. The van der Waals surface area contributed by atoms with Crippen molar-refractivity contribution in [2.75, 3.05) is 5.75 Å². The van der Waals surface area contributed by atoms with Gasteiger partial charge < -0.3 is 4.57 Å². The number of thioether (sulfide) groups is 1. The maximum Gasteiger partial charge on any atom is 0.332 e. The van der Waals surface area contributed by atoms with Gasteiger partial charge in [0.25, 0.3) is 5.56 Å². The van der Waals surface area contributed by atoms with Crippen LogP contribution < -0.4 is 11.2 Å². The fourth-order valence-electron chi connectivity index (χ4n) is 2.17. The van der Waals surface area contributed by atoms with Crippen molar-refractivity contribution >= 4 is 22.9 Å². The SMILES string of the molecule is C=C(C)Cn1c(SCC=CC)nc2c1c(=O)n(C)c(=O)n2C. The topological polar surface area (TPSA) is 61.8 Å². The molecule has 118 valence electrons. The van der Waals surface area contributed by atoms with E-state index in [1.807, 2.05) is 30.6 Å². The Kier molecular flexibility index (Phi) is 4.75. The molecule has 6 nitrogen and oxygen atoms in total. The predicted molar refractivity (Wildman–Crippen MR) is 90.6 cm³/mol. The Morgan fingerprint density at radius 3 is 2.59 bits per heavy atom. The monoisotopic (exact) mass is 320 g/mol. The molecule has 2 heterocycles. The molecule has 0 N–H and O–H groups in total. The van der Waals surface area contributed by atoms with Gasteiger partial charge in [-0.2, -0.15) is 0 Å². The summed E-state index contributed by atoms with van der Waals surface area (Å²) in [4.78, 5) is 29.0. The van der Waals surface area contributed by atoms with Crippen LogP contribution in [0.5, 0.6) is 0 Å². The Hall–Kier alpha value is -2.02. The number of allylic oxidation sites excluding steroid dienone is 2. The van der Waals surface area contributed by atoms with E-state index in [0.29, 0.717) is 17.7 Å². The number of rotatable bonds is 5. The third-order valence-electron chi connectivity index (χ3n) is 3.29. The molecule has 0 spiro atoms. The van der Waals surface area contributed by atoms with Gasteiger partial charge in [-0.05, 0) is 13.8 Å². The highest BCUT2D eigenvalue weighted by Crippen LogP contribution is 2.22. The highest BCUT2D eigenvalue weighted by atomic mass is 32.2. The lowest BCUT2D eigenvalue weighted by Crippen LogP contribution is -2.37. The van der Waals surface area contributed by atoms with E-state index in [4.69, 9.17) is 0 Å². The molecule has 0 aliphatic rings. The Balaban J connectivity index is 2.77. The van der Waals surface area contributed by atoms with Gasteiger partial charge in [-0.1, -0.05) is 36.1 Å². The van der Waals surface area contributed by atoms with Crippen LogP contribution in [0.2, 0.25) is 0 Å². The largest absolute Gasteiger partial charge is 0.332 e. The number of aromatic nitrogens is 4. The lowest BCUT2D eigenvalue weighted by Gasteiger charge is -2.08. The summed E-state index contributed by atoms with van der Waals surface area (Å²) in [7, 11) is 3.11. The standard InChI is InChI=1S/C15H20N4O2S/c1-6-7-8-22-14-16-12-11(19(14)9-10(2)3)13(20)18(5)15(21)17(12)4/h6-7H,2,8-9H2,1,3-5H3. The summed E-state index contributed by atoms with van der Waals surface area (Å²) in [5.41, 5.74) is 1.07. The zero-order valence-corrected chi connectivity index (χ0v) is 14.1. The molecule has 2 rings (SSSR count). The van der Waals surface area contributed by atoms with Crippen molar-refractivity contribution in [3.05, 3.63) is 45.1 Å². The van der Waals surface area contributed by atoms with Crippen LogP contribution in [-0.2, 0) is 20.6 Å². The minimum Gasteiger partial charge on any atom is -0.309 e. The molecule has 0 aromatic carbocycles. The van der Waals surface area contributed by atoms with Crippen LogP contribution in [-0.4, -0.2) is 24.4 Å². The molecule has 0 atom stereocenters. The first kappa shape index (κ1) is 16.4. The van der Waals surface area contributed by atoms with Crippen LogP contribution in [0.4, 0.5) is 0 Å². The molecule has 0 fully saturated rings. The normalized spacial score (nSPS) is 11.6. The zero-order valence-electron chi connectivity index (χ0n) is 13.3. The first-order valence-electron chi connectivity index (χ1n) is 6.93. The molecule has 0 saturated heterocycles. The molecule has 2 aromatic heterocycles. The number of imidazole rings is 1. The van der Waals surface area contributed by atoms with Gasteiger partial charge >= 0.3 is 5.69 Å². The van der Waals surface area contributed by atoms with Crippen LogP contribution in [0.15, 0.2) is 39.0 Å². The summed E-state index contributed by atoms with van der Waals surface area (Å²) in [5.74, 6) is 0.754. The Morgan fingerprint density at radius 2 is 2.00 bits per heavy atom. The lowest BCUT2D eigenvalue weighted by molar-refractivity contribution is 0.694. The van der Waals surface area contributed by atoms with E-state index in [-0.39, 0.29) is 11.2 Å². The van der Waals surface area contributed by atoms with Gasteiger partial charge in [0.05, 0.1) is 0 Å². The fraction of sp³-hybridized carbons (Fsp3) is 0.400. The van der Waals surface area contributed by atoms with Crippen molar-refractivity contribution < 1.29 is 0 Å². The summed E-state index contributed by atoms with van der Waals surface area (Å²) in [6.07, 6.45) is 3.99. The minimum absolute atomic E-state index is 0.329. The average molecular weight is 320 g/mol. The molecule has 7 heteroatoms. The van der Waals surface area contributed by atoms with E-state index in [1.54, 1.807) is 7.05 Å². The summed E-state index contributed by atoms with van der Waals surface area (Å²) in [6.45, 7) is 8.28. The second kappa shape index (κ2) is 6.39. The van der Waals surface area contributed by atoms with Crippen LogP contribution in [0.3, 0.4) is 0 Å². The van der Waals surface area contributed by atoms with Crippen molar-refractivity contribution in [3.63, 3.8) is 0 Å². The first-order chi connectivity index (χ1) is 10.4. The maximum atomic E-state index is 12.5. The fourth-order valence-corrected chi connectivity index (χ4v) is 3.07. The molecular weight excluding hydrogens is 300 g/mol. The molecule has 2 aromatic rings. The molecule has 0 aliphatic carbocycles. The van der Waals surface area contributed by atoms with Crippen molar-refractivity contribution in [2.45, 2.75) is 25.5 Å². The molecule has 22 heavy (non-hydrogen) atoms. The first-order valence-corrected chi connectivity index (χ1v) is 7.91. The van der Waals surface area contributed by atoms with Crippen molar-refractivity contribution in [3.8, 4) is 0 Å². The van der Waals surface area contributed by atoms with E-state index in [2.05, 4.69) is 11.6 Å². The zero-order chi connectivity index (χ0) is 16.4. The van der Waals surface area contributed by atoms with Gasteiger partial charge in [-0.15, -0.1) is 0 Å². The van der Waals surface area contributed by atoms with Gasteiger partial charge in [-0.3, -0.25) is 13.9 Å². The molecule has 0 unspecified atom stereocenters. The van der Waals surface area contributed by atoms with Crippen molar-refractivity contribution in [2.24, 2.45) is 14.1 Å². The van der Waals surface area contributed by atoms with E-state index in [9.17, 15) is 9.59 Å². The summed E-state index contributed by atoms with van der Waals surface area (Å²) < 4.78 is 4.36. The Bertz CT molecular complexity index is 870. The third kappa shape index (κ3) is 2.81. The van der Waals surface area contributed by atoms with Gasteiger partial charge in [0.2, 0.25) is 0 Å². The number of nitrogens with zero attached hydrogens (tertiary/aromatic N) is 4. The second-order valence-electron chi connectivity index (χ2n) is 5.20. The van der Waals surface area contributed by atoms with Gasteiger partial charge in [-0.25, -0.2) is 9.78 Å². The van der Waals surface area contributed by atoms with Gasteiger partial charge in [0, 0.05) is 26.4 Å². The smallest absolute Gasteiger partial charge is 0.309 e. The van der Waals surface area contributed by atoms with E-state index >= 15 is 0 Å². The van der Waals surface area contributed by atoms with E-state index in [0.717, 1.165) is 21.0 Å². The summed E-state index contributed by atoms with van der Waals surface area (Å²) >= 11 is 1.53. The molecule has 0 saturated carbocycles. The lowest BCUT2D eigenvalue weighted by atomic mass is 10.3. The molecular formula is C15H20N4O2S. The molecule has 0 aliphatic heterocycles. The van der Waals surface area contributed by atoms with Crippen molar-refractivity contribution in [1.29, 1.82) is 0 Å². The molecule has 0 radical (unpaired) electrons. The average Bonchev–Trinajstić information content (AvgIpc) is 2.81. The highest BCUT2D eigenvalue weighted by Gasteiger charge is 2.18. The minimum atomic E-state index is -0.373. The van der Waals surface area contributed by atoms with Crippen LogP contribution in [0.25, 0.3) is 11.2 Å². The van der Waals surface area contributed by atoms with Gasteiger partial charge in [0.1, 0.15) is 0 Å². The Morgan fingerprint density at radius 1 is 1.32 bits per heavy atom. The maximum absolute atomic E-state index is 12.5. The van der Waals surface area contributed by atoms with E-state index < -0.39 is 0 Å². The number of fused-ring (bicyclic) bond motifs is 1. The Labute approximate surface area is 132 Å². The molecule has 0 bridgehead atoms. The van der Waals surface area contributed by atoms with Crippen LogP contribution >= 0.6 is 11.8 Å². The predicted octanol–water partition coefficient (Wildman–Crippen LogP) is 1.68. The van der Waals surface area contributed by atoms with Crippen LogP contribution in [0.1, 0.15) is 13.8 Å².